The molecule has 102 valence electrons. The van der Waals surface area contributed by atoms with Gasteiger partial charge in [0.25, 0.3) is 0 Å². The second kappa shape index (κ2) is 6.38. The minimum atomic E-state index is -0.0582. The molecule has 0 saturated heterocycles. The Morgan fingerprint density at radius 3 is 2.58 bits per heavy atom. The van der Waals surface area contributed by atoms with Gasteiger partial charge in [0.05, 0.1) is 5.92 Å². The maximum absolute atomic E-state index is 11.6. The second-order valence-corrected chi connectivity index (χ2v) is 6.06. The Bertz CT molecular complexity index is 464. The first-order valence-electron chi connectivity index (χ1n) is 6.81. The maximum Gasteiger partial charge on any atom is 0.195 e. The second-order valence-electron chi connectivity index (χ2n) is 5.25. The molecule has 0 amide bonds. The molecule has 1 fully saturated rings. The van der Waals surface area contributed by atoms with Crippen LogP contribution in [0.5, 0.6) is 0 Å². The van der Waals surface area contributed by atoms with E-state index in [0.29, 0.717) is 5.78 Å². The van der Waals surface area contributed by atoms with Gasteiger partial charge >= 0.3 is 0 Å². The van der Waals surface area contributed by atoms with Crippen LogP contribution in [0.1, 0.15) is 43.2 Å². The Labute approximate surface area is 119 Å². The first-order chi connectivity index (χ1) is 9.11. The van der Waals surface area contributed by atoms with Gasteiger partial charge in [-0.2, -0.15) is 0 Å². The lowest BCUT2D eigenvalue weighted by Crippen LogP contribution is -2.10. The third-order valence-corrected chi connectivity index (χ3v) is 4.70. The average Bonchev–Trinajstić information content (AvgIpc) is 2.83. The highest BCUT2D eigenvalue weighted by Gasteiger charge is 2.24. The molecule has 0 spiro atoms. The van der Waals surface area contributed by atoms with Gasteiger partial charge in [-0.25, -0.2) is 0 Å². The van der Waals surface area contributed by atoms with Crippen molar-refractivity contribution in [2.45, 2.75) is 38.5 Å². The van der Waals surface area contributed by atoms with E-state index in [1.807, 2.05) is 25.3 Å². The molecule has 1 aliphatic rings. The minimum absolute atomic E-state index is 0.0582. The molecule has 1 aliphatic carbocycles. The Morgan fingerprint density at radius 2 is 2.05 bits per heavy atom. The van der Waals surface area contributed by atoms with Gasteiger partial charge in [-0.15, -0.1) is 0 Å². The zero-order valence-electron chi connectivity index (χ0n) is 11.5. The van der Waals surface area contributed by atoms with Crippen LogP contribution in [0.15, 0.2) is 24.3 Å². The molecular formula is C16H20O2S. The standard InChI is InChI=1S/C16H20O2S/c1-11(16(18)19-2)13-8-6-12(7-9-13)10-14-4-3-5-15(14)17/h6-9,11,14H,3-5,10H2,1-2H3. The third-order valence-electron chi connectivity index (χ3n) is 3.95. The molecule has 0 aromatic heterocycles. The van der Waals surface area contributed by atoms with Crippen molar-refractivity contribution in [3.63, 3.8) is 0 Å². The number of hydrogen-bond donors (Lipinski definition) is 0. The lowest BCUT2D eigenvalue weighted by atomic mass is 9.94. The number of thioether (sulfide) groups is 1. The number of ketones is 1. The molecule has 2 unspecified atom stereocenters. The van der Waals surface area contributed by atoms with Crippen LogP contribution in [0, 0.1) is 5.92 Å². The summed E-state index contributed by atoms with van der Waals surface area (Å²) >= 11 is 1.27. The van der Waals surface area contributed by atoms with Crippen LogP contribution in [0.4, 0.5) is 0 Å². The van der Waals surface area contributed by atoms with E-state index in [9.17, 15) is 9.59 Å². The van der Waals surface area contributed by atoms with Gasteiger partial charge in [0.2, 0.25) is 0 Å². The van der Waals surface area contributed by atoms with Crippen LogP contribution in [-0.2, 0) is 16.0 Å². The molecule has 19 heavy (non-hydrogen) atoms. The fourth-order valence-electron chi connectivity index (χ4n) is 2.64. The Hall–Kier alpha value is -1.09. The summed E-state index contributed by atoms with van der Waals surface area (Å²) in [5.41, 5.74) is 2.26. The van der Waals surface area contributed by atoms with Crippen molar-refractivity contribution in [3.05, 3.63) is 35.4 Å². The quantitative estimate of drug-likeness (QED) is 0.842. The molecule has 1 saturated carbocycles. The van der Waals surface area contributed by atoms with E-state index in [-0.39, 0.29) is 17.0 Å². The summed E-state index contributed by atoms with van der Waals surface area (Å²) < 4.78 is 0. The maximum atomic E-state index is 11.6. The van der Waals surface area contributed by atoms with E-state index in [1.165, 1.54) is 17.3 Å². The number of rotatable bonds is 4. The van der Waals surface area contributed by atoms with Crippen molar-refractivity contribution in [3.8, 4) is 0 Å². The summed E-state index contributed by atoms with van der Waals surface area (Å²) in [5.74, 6) is 0.572. The summed E-state index contributed by atoms with van der Waals surface area (Å²) in [6.45, 7) is 1.94. The Morgan fingerprint density at radius 1 is 1.37 bits per heavy atom. The highest BCUT2D eigenvalue weighted by molar-refractivity contribution is 8.13. The highest BCUT2D eigenvalue weighted by Crippen LogP contribution is 2.26. The van der Waals surface area contributed by atoms with Crippen LogP contribution in [0.25, 0.3) is 0 Å². The number of benzene rings is 1. The van der Waals surface area contributed by atoms with Crippen LogP contribution < -0.4 is 0 Å². The van der Waals surface area contributed by atoms with E-state index in [2.05, 4.69) is 12.1 Å². The molecular weight excluding hydrogens is 256 g/mol. The average molecular weight is 276 g/mol. The monoisotopic (exact) mass is 276 g/mol. The number of hydrogen-bond acceptors (Lipinski definition) is 3. The summed E-state index contributed by atoms with van der Waals surface area (Å²) in [7, 11) is 0. The van der Waals surface area contributed by atoms with Crippen LogP contribution in [0.2, 0.25) is 0 Å². The van der Waals surface area contributed by atoms with Gasteiger partial charge in [-0.1, -0.05) is 43.0 Å². The van der Waals surface area contributed by atoms with E-state index in [0.717, 1.165) is 31.2 Å². The van der Waals surface area contributed by atoms with Gasteiger partial charge in [-0.3, -0.25) is 9.59 Å². The Balaban J connectivity index is 2.02. The van der Waals surface area contributed by atoms with Crippen molar-refractivity contribution in [2.75, 3.05) is 6.26 Å². The zero-order valence-corrected chi connectivity index (χ0v) is 12.3. The lowest BCUT2D eigenvalue weighted by molar-refractivity contribution is -0.120. The number of carbonyl (C=O) groups is 2. The lowest BCUT2D eigenvalue weighted by Gasteiger charge is -2.11. The SMILES string of the molecule is CSC(=O)C(C)c1ccc(CC2CCCC2=O)cc1. The summed E-state index contributed by atoms with van der Waals surface area (Å²) in [4.78, 5) is 23.3. The molecule has 0 aliphatic heterocycles. The topological polar surface area (TPSA) is 34.1 Å². The Kier molecular flexibility index (Phi) is 4.81. The number of Topliss-reactive ketones (excluding diaryl/α,β-unsaturated/α-hetero) is 1. The fourth-order valence-corrected chi connectivity index (χ4v) is 3.13. The highest BCUT2D eigenvalue weighted by atomic mass is 32.2. The molecule has 0 radical (unpaired) electrons. The largest absolute Gasteiger partial charge is 0.299 e. The normalized spacial score (nSPS) is 20.5. The van der Waals surface area contributed by atoms with E-state index in [1.54, 1.807) is 0 Å². The molecule has 3 heteroatoms. The predicted octanol–water partition coefficient (Wildman–Crippen LogP) is 3.59. The number of carbonyl (C=O) groups excluding carboxylic acids is 2. The van der Waals surface area contributed by atoms with Gasteiger partial charge in [-0.05, 0) is 36.6 Å². The van der Waals surface area contributed by atoms with Crippen LogP contribution >= 0.6 is 11.8 Å². The van der Waals surface area contributed by atoms with E-state index < -0.39 is 0 Å². The van der Waals surface area contributed by atoms with Crippen LogP contribution in [0.3, 0.4) is 0 Å². The third kappa shape index (κ3) is 3.47. The predicted molar refractivity (Wildman–Crippen MR) is 79.4 cm³/mol. The molecule has 0 heterocycles. The summed E-state index contributed by atoms with van der Waals surface area (Å²) in [5, 5.41) is 0.193. The van der Waals surface area contributed by atoms with Crippen molar-refractivity contribution >= 4 is 22.7 Å². The van der Waals surface area contributed by atoms with Gasteiger partial charge in [0, 0.05) is 12.3 Å². The van der Waals surface area contributed by atoms with Crippen molar-refractivity contribution in [2.24, 2.45) is 5.92 Å². The van der Waals surface area contributed by atoms with E-state index in [4.69, 9.17) is 0 Å². The summed E-state index contributed by atoms with van der Waals surface area (Å²) in [6.07, 6.45) is 5.49. The van der Waals surface area contributed by atoms with Gasteiger partial charge < -0.3 is 0 Å². The summed E-state index contributed by atoms with van der Waals surface area (Å²) in [6, 6.07) is 8.16. The van der Waals surface area contributed by atoms with Crippen molar-refractivity contribution < 1.29 is 9.59 Å². The molecule has 0 bridgehead atoms. The van der Waals surface area contributed by atoms with Crippen LogP contribution in [-0.4, -0.2) is 17.2 Å². The molecule has 2 atom stereocenters. The smallest absolute Gasteiger partial charge is 0.195 e. The first-order valence-corrected chi connectivity index (χ1v) is 8.03. The van der Waals surface area contributed by atoms with Crippen molar-refractivity contribution in [1.82, 2.24) is 0 Å². The molecule has 1 aromatic carbocycles. The first kappa shape index (κ1) is 14.3. The molecule has 0 N–H and O–H groups in total. The van der Waals surface area contributed by atoms with Gasteiger partial charge in [0.15, 0.2) is 5.12 Å². The van der Waals surface area contributed by atoms with E-state index >= 15 is 0 Å². The fraction of sp³-hybridized carbons (Fsp3) is 0.500. The van der Waals surface area contributed by atoms with Crippen molar-refractivity contribution in [1.29, 1.82) is 0 Å². The molecule has 2 nitrogen and oxygen atoms in total. The van der Waals surface area contributed by atoms with Gasteiger partial charge in [0.1, 0.15) is 5.78 Å². The molecule has 1 aromatic rings. The molecule has 2 rings (SSSR count). The minimum Gasteiger partial charge on any atom is -0.299 e. The zero-order chi connectivity index (χ0) is 13.8.